The highest BCUT2D eigenvalue weighted by Gasteiger charge is 2.66. The van der Waals surface area contributed by atoms with Crippen molar-refractivity contribution in [2.45, 2.75) is 50.9 Å². The van der Waals surface area contributed by atoms with Gasteiger partial charge in [0.25, 0.3) is 0 Å². The smallest absolute Gasteiger partial charge is 0.194 e. The van der Waals surface area contributed by atoms with Gasteiger partial charge in [-0.2, -0.15) is 0 Å². The molecule has 2 saturated heterocycles. The van der Waals surface area contributed by atoms with Crippen molar-refractivity contribution < 1.29 is 9.47 Å². The third kappa shape index (κ3) is 2.70. The van der Waals surface area contributed by atoms with Crippen LogP contribution in [0.5, 0.6) is 0 Å². The molecule has 5 heteroatoms. The predicted molar refractivity (Wildman–Crippen MR) is 106 cm³/mol. The van der Waals surface area contributed by atoms with E-state index in [1.54, 1.807) is 0 Å². The molecule has 4 fully saturated rings. The fourth-order valence-electron chi connectivity index (χ4n) is 5.87. The van der Waals surface area contributed by atoms with Crippen LogP contribution in [0, 0.1) is 18.3 Å². The Labute approximate surface area is 162 Å². The fourth-order valence-corrected chi connectivity index (χ4v) is 5.87. The van der Waals surface area contributed by atoms with Crippen LogP contribution in [0.3, 0.4) is 0 Å². The number of benzene rings is 1. The summed E-state index contributed by atoms with van der Waals surface area (Å²) in [6, 6.07) is 9.08. The summed E-state index contributed by atoms with van der Waals surface area (Å²) in [7, 11) is 1.91. The van der Waals surface area contributed by atoms with E-state index in [2.05, 4.69) is 46.4 Å². The van der Waals surface area contributed by atoms with Crippen LogP contribution in [-0.2, 0) is 9.47 Å². The van der Waals surface area contributed by atoms with E-state index in [4.69, 9.17) is 9.47 Å². The predicted octanol–water partition coefficient (Wildman–Crippen LogP) is 2.90. The van der Waals surface area contributed by atoms with Crippen LogP contribution in [0.1, 0.15) is 42.9 Å². The van der Waals surface area contributed by atoms with E-state index in [1.165, 1.54) is 36.8 Å². The number of aryl methyl sites for hydroxylation is 1. The van der Waals surface area contributed by atoms with E-state index in [9.17, 15) is 0 Å². The van der Waals surface area contributed by atoms with Gasteiger partial charge in [0.1, 0.15) is 6.10 Å². The van der Waals surface area contributed by atoms with Gasteiger partial charge in [-0.25, -0.2) is 0 Å². The number of aliphatic imine (C=N–C) groups is 1. The van der Waals surface area contributed by atoms with Gasteiger partial charge < -0.3 is 19.7 Å². The average molecular weight is 370 g/mol. The van der Waals surface area contributed by atoms with E-state index in [1.807, 2.05) is 7.05 Å². The van der Waals surface area contributed by atoms with Crippen LogP contribution in [0.2, 0.25) is 0 Å². The molecule has 0 radical (unpaired) electrons. The summed E-state index contributed by atoms with van der Waals surface area (Å²) in [6.45, 7) is 5.59. The molecule has 0 bridgehead atoms. The molecule has 146 valence electrons. The lowest BCUT2D eigenvalue weighted by Gasteiger charge is -2.63. The van der Waals surface area contributed by atoms with E-state index < -0.39 is 0 Å². The lowest BCUT2D eigenvalue weighted by molar-refractivity contribution is -0.171. The van der Waals surface area contributed by atoms with Crippen molar-refractivity contribution in [3.05, 3.63) is 35.4 Å². The number of fused-ring (bicyclic) bond motifs is 2. The summed E-state index contributed by atoms with van der Waals surface area (Å²) in [4.78, 5) is 7.04. The quantitative estimate of drug-likeness (QED) is 0.643. The first-order valence-corrected chi connectivity index (χ1v) is 10.5. The Morgan fingerprint density at radius 1 is 1.22 bits per heavy atom. The Bertz CT molecular complexity index is 730. The summed E-state index contributed by atoms with van der Waals surface area (Å²) >= 11 is 0. The Morgan fingerprint density at radius 3 is 2.81 bits per heavy atom. The number of hydrogen-bond donors (Lipinski definition) is 1. The molecule has 4 aliphatic rings. The molecule has 2 aliphatic carbocycles. The maximum atomic E-state index is 6.11. The molecule has 1 N–H and O–H groups in total. The third-order valence-corrected chi connectivity index (χ3v) is 7.43. The number of nitrogens with zero attached hydrogens (tertiary/aromatic N) is 2. The molecule has 4 unspecified atom stereocenters. The van der Waals surface area contributed by atoms with Gasteiger partial charge in [-0.3, -0.25) is 4.99 Å². The maximum Gasteiger partial charge on any atom is 0.194 e. The first-order chi connectivity index (χ1) is 13.2. The number of nitrogens with one attached hydrogen (secondary N) is 1. The van der Waals surface area contributed by atoms with Gasteiger partial charge in [-0.15, -0.1) is 0 Å². The van der Waals surface area contributed by atoms with Crippen molar-refractivity contribution in [2.75, 3.05) is 33.4 Å². The number of ether oxygens (including phenoxy) is 2. The second-order valence-corrected chi connectivity index (χ2v) is 8.66. The summed E-state index contributed by atoms with van der Waals surface area (Å²) < 4.78 is 12.2. The van der Waals surface area contributed by atoms with Crippen molar-refractivity contribution in [2.24, 2.45) is 16.3 Å². The average Bonchev–Trinajstić information content (AvgIpc) is 3.07. The second-order valence-electron chi connectivity index (χ2n) is 8.66. The van der Waals surface area contributed by atoms with Crippen molar-refractivity contribution >= 4 is 5.96 Å². The SMILES string of the molecule is CN=C(NC1C2CCOC2C12CCC2)N1CCOC(c2ccccc2C)C1. The molecule has 0 amide bonds. The third-order valence-electron chi connectivity index (χ3n) is 7.43. The van der Waals surface area contributed by atoms with Crippen LogP contribution >= 0.6 is 0 Å². The molecule has 5 rings (SSSR count). The Hall–Kier alpha value is -1.59. The summed E-state index contributed by atoms with van der Waals surface area (Å²) in [5.74, 6) is 1.70. The zero-order valence-electron chi connectivity index (χ0n) is 16.5. The highest BCUT2D eigenvalue weighted by molar-refractivity contribution is 5.80. The number of rotatable bonds is 2. The Balaban J connectivity index is 1.30. The zero-order valence-corrected chi connectivity index (χ0v) is 16.5. The molecule has 1 aromatic rings. The van der Waals surface area contributed by atoms with Crippen LogP contribution < -0.4 is 5.32 Å². The largest absolute Gasteiger partial charge is 0.377 e. The maximum absolute atomic E-state index is 6.11. The molecule has 2 heterocycles. The summed E-state index contributed by atoms with van der Waals surface area (Å²) in [5, 5.41) is 3.86. The van der Waals surface area contributed by atoms with Crippen LogP contribution in [-0.4, -0.2) is 56.4 Å². The van der Waals surface area contributed by atoms with Crippen LogP contribution in [0.15, 0.2) is 29.3 Å². The molecule has 4 atom stereocenters. The molecule has 5 nitrogen and oxygen atoms in total. The van der Waals surface area contributed by atoms with Crippen molar-refractivity contribution in [1.82, 2.24) is 10.2 Å². The van der Waals surface area contributed by atoms with E-state index in [0.29, 0.717) is 23.5 Å². The standard InChI is InChI=1S/C22H31N3O2/c1-15-6-3-4-7-16(15)18-14-25(11-13-26-18)21(23-2)24-19-17-8-12-27-20(17)22(19)9-5-10-22/h3-4,6-7,17-20H,5,8-14H2,1-2H3,(H,23,24). The van der Waals surface area contributed by atoms with Gasteiger partial charge in [0, 0.05) is 37.6 Å². The van der Waals surface area contributed by atoms with Gasteiger partial charge in [0.15, 0.2) is 5.96 Å². The van der Waals surface area contributed by atoms with E-state index in [-0.39, 0.29) is 6.10 Å². The fraction of sp³-hybridized carbons (Fsp3) is 0.682. The number of guanidine groups is 1. The first-order valence-electron chi connectivity index (χ1n) is 10.5. The number of morpholine rings is 1. The lowest BCUT2D eigenvalue weighted by Crippen LogP contribution is -2.72. The Kier molecular flexibility index (Phi) is 4.40. The van der Waals surface area contributed by atoms with Crippen LogP contribution in [0.25, 0.3) is 0 Å². The van der Waals surface area contributed by atoms with Gasteiger partial charge in [0.2, 0.25) is 0 Å². The topological polar surface area (TPSA) is 46.1 Å². The summed E-state index contributed by atoms with van der Waals surface area (Å²) in [6.07, 6.45) is 5.74. The first kappa shape index (κ1) is 17.5. The van der Waals surface area contributed by atoms with Gasteiger partial charge >= 0.3 is 0 Å². The molecule has 1 aromatic carbocycles. The van der Waals surface area contributed by atoms with Crippen molar-refractivity contribution in [3.8, 4) is 0 Å². The van der Waals surface area contributed by atoms with Gasteiger partial charge in [-0.1, -0.05) is 30.7 Å². The van der Waals surface area contributed by atoms with E-state index >= 15 is 0 Å². The molecular formula is C22H31N3O2. The van der Waals surface area contributed by atoms with Crippen LogP contribution in [0.4, 0.5) is 0 Å². The Morgan fingerprint density at radius 2 is 2.07 bits per heavy atom. The van der Waals surface area contributed by atoms with Gasteiger partial charge in [-0.05, 0) is 37.3 Å². The zero-order chi connectivity index (χ0) is 18.4. The van der Waals surface area contributed by atoms with E-state index in [0.717, 1.165) is 32.3 Å². The minimum absolute atomic E-state index is 0.111. The van der Waals surface area contributed by atoms with Gasteiger partial charge in [0.05, 0.1) is 19.3 Å². The highest BCUT2D eigenvalue weighted by Crippen LogP contribution is 2.62. The summed E-state index contributed by atoms with van der Waals surface area (Å²) in [5.41, 5.74) is 2.96. The minimum atomic E-state index is 0.111. The molecule has 2 saturated carbocycles. The monoisotopic (exact) mass is 369 g/mol. The highest BCUT2D eigenvalue weighted by atomic mass is 16.5. The second kappa shape index (κ2) is 6.78. The lowest BCUT2D eigenvalue weighted by atomic mass is 9.46. The van der Waals surface area contributed by atoms with Crippen molar-refractivity contribution in [3.63, 3.8) is 0 Å². The molecule has 2 aliphatic heterocycles. The molecule has 27 heavy (non-hydrogen) atoms. The molecule has 0 aromatic heterocycles. The normalized spacial score (nSPS) is 34.7. The molecular weight excluding hydrogens is 338 g/mol. The minimum Gasteiger partial charge on any atom is -0.377 e. The van der Waals surface area contributed by atoms with Crippen molar-refractivity contribution in [1.29, 1.82) is 0 Å². The molecule has 1 spiro atoms. The number of hydrogen-bond acceptors (Lipinski definition) is 3.